The minimum absolute atomic E-state index is 0.0516. The number of likely N-dealkylation sites (tertiary alicyclic amines) is 1. The zero-order valence-electron chi connectivity index (χ0n) is 14.1. The number of halogens is 1. The van der Waals surface area contributed by atoms with Gasteiger partial charge < -0.3 is 20.3 Å². The second-order valence-electron chi connectivity index (χ2n) is 5.72. The van der Waals surface area contributed by atoms with Crippen molar-refractivity contribution in [1.29, 1.82) is 0 Å². The summed E-state index contributed by atoms with van der Waals surface area (Å²) in [6.45, 7) is 2.93. The molecule has 1 aliphatic heterocycles. The summed E-state index contributed by atoms with van der Waals surface area (Å²) in [6.07, 6.45) is 0.916. The zero-order chi connectivity index (χ0) is 18.2. The van der Waals surface area contributed by atoms with Gasteiger partial charge >= 0.3 is 6.09 Å². The van der Waals surface area contributed by atoms with Gasteiger partial charge in [-0.15, -0.1) is 0 Å². The number of nitrogens with zero attached hydrogens (tertiary/aromatic N) is 1. The molecule has 1 aliphatic rings. The van der Waals surface area contributed by atoms with Gasteiger partial charge in [0, 0.05) is 24.7 Å². The van der Waals surface area contributed by atoms with Crippen LogP contribution >= 0.6 is 0 Å². The average Bonchev–Trinajstić information content (AvgIpc) is 2.60. The van der Waals surface area contributed by atoms with E-state index in [4.69, 9.17) is 4.74 Å². The summed E-state index contributed by atoms with van der Waals surface area (Å²) < 4.78 is 18.0. The molecule has 1 fully saturated rings. The third-order valence-corrected chi connectivity index (χ3v) is 3.88. The van der Waals surface area contributed by atoms with Gasteiger partial charge in [0.2, 0.25) is 5.91 Å². The lowest BCUT2D eigenvalue weighted by Crippen LogP contribution is -2.48. The SMILES string of the molecule is CCOC(=O)N1CCC(NC(=O)CNC(=O)c2cccc(F)c2)CC1. The molecule has 1 aromatic carbocycles. The monoisotopic (exact) mass is 351 g/mol. The predicted octanol–water partition coefficient (Wildman–Crippen LogP) is 1.29. The van der Waals surface area contributed by atoms with E-state index in [0.717, 1.165) is 6.07 Å². The maximum absolute atomic E-state index is 13.1. The molecule has 3 amide bonds. The summed E-state index contributed by atoms with van der Waals surface area (Å²) in [6, 6.07) is 5.21. The molecular weight excluding hydrogens is 329 g/mol. The molecule has 2 N–H and O–H groups in total. The number of piperidine rings is 1. The molecule has 2 rings (SSSR count). The standard InChI is InChI=1S/C17H22FN3O4/c1-2-25-17(24)21-8-6-14(7-9-21)20-15(22)11-19-16(23)12-4-3-5-13(18)10-12/h3-5,10,14H,2,6-9,11H2,1H3,(H,19,23)(H,20,22). The number of ether oxygens (including phenoxy) is 1. The molecule has 0 bridgehead atoms. The van der Waals surface area contributed by atoms with Crippen molar-refractivity contribution >= 4 is 17.9 Å². The Morgan fingerprint density at radius 1 is 1.28 bits per heavy atom. The van der Waals surface area contributed by atoms with Crippen LogP contribution in [0.1, 0.15) is 30.1 Å². The normalized spacial score (nSPS) is 14.7. The van der Waals surface area contributed by atoms with Crippen LogP contribution in [0, 0.1) is 5.82 Å². The van der Waals surface area contributed by atoms with Crippen molar-refractivity contribution in [2.75, 3.05) is 26.2 Å². The molecule has 0 spiro atoms. The molecule has 25 heavy (non-hydrogen) atoms. The molecule has 0 aromatic heterocycles. The Morgan fingerprint density at radius 2 is 2.00 bits per heavy atom. The molecule has 0 saturated carbocycles. The van der Waals surface area contributed by atoms with E-state index in [2.05, 4.69) is 10.6 Å². The predicted molar refractivity (Wildman–Crippen MR) is 88.5 cm³/mol. The van der Waals surface area contributed by atoms with E-state index in [0.29, 0.717) is 32.5 Å². The number of carbonyl (C=O) groups excluding carboxylic acids is 3. The quantitative estimate of drug-likeness (QED) is 0.837. The van der Waals surface area contributed by atoms with Crippen molar-refractivity contribution in [2.24, 2.45) is 0 Å². The largest absolute Gasteiger partial charge is 0.450 e. The van der Waals surface area contributed by atoms with Crippen LogP contribution in [0.5, 0.6) is 0 Å². The number of hydrogen-bond acceptors (Lipinski definition) is 4. The van der Waals surface area contributed by atoms with Crippen LogP contribution in [0.25, 0.3) is 0 Å². The number of hydrogen-bond donors (Lipinski definition) is 2. The van der Waals surface area contributed by atoms with Crippen LogP contribution in [0.2, 0.25) is 0 Å². The first-order chi connectivity index (χ1) is 12.0. The summed E-state index contributed by atoms with van der Waals surface area (Å²) in [7, 11) is 0. The van der Waals surface area contributed by atoms with E-state index >= 15 is 0 Å². The van der Waals surface area contributed by atoms with E-state index in [1.165, 1.54) is 18.2 Å². The molecule has 0 atom stereocenters. The van der Waals surface area contributed by atoms with Crippen molar-refractivity contribution in [2.45, 2.75) is 25.8 Å². The average molecular weight is 351 g/mol. The molecule has 0 unspecified atom stereocenters. The van der Waals surface area contributed by atoms with Gasteiger partial charge in [-0.25, -0.2) is 9.18 Å². The number of carbonyl (C=O) groups is 3. The van der Waals surface area contributed by atoms with Crippen LogP contribution in [0.3, 0.4) is 0 Å². The highest BCUT2D eigenvalue weighted by atomic mass is 19.1. The summed E-state index contributed by atoms with van der Waals surface area (Å²) in [4.78, 5) is 37.0. The molecule has 0 aliphatic carbocycles. The van der Waals surface area contributed by atoms with Gasteiger partial charge in [0.25, 0.3) is 5.91 Å². The van der Waals surface area contributed by atoms with Crippen molar-refractivity contribution in [3.63, 3.8) is 0 Å². The maximum Gasteiger partial charge on any atom is 0.409 e. The lowest BCUT2D eigenvalue weighted by Gasteiger charge is -2.31. The summed E-state index contributed by atoms with van der Waals surface area (Å²) in [5.74, 6) is -1.34. The fourth-order valence-electron chi connectivity index (χ4n) is 2.59. The van der Waals surface area contributed by atoms with E-state index < -0.39 is 11.7 Å². The Hall–Kier alpha value is -2.64. The molecule has 1 saturated heterocycles. The fourth-order valence-corrected chi connectivity index (χ4v) is 2.59. The molecule has 1 aromatic rings. The van der Waals surface area contributed by atoms with Gasteiger partial charge in [-0.3, -0.25) is 9.59 Å². The van der Waals surface area contributed by atoms with Crippen LogP contribution < -0.4 is 10.6 Å². The third-order valence-electron chi connectivity index (χ3n) is 3.88. The van der Waals surface area contributed by atoms with Gasteiger partial charge in [-0.1, -0.05) is 6.07 Å². The Bertz CT molecular complexity index is 630. The Labute approximate surface area is 145 Å². The molecule has 0 radical (unpaired) electrons. The van der Waals surface area contributed by atoms with Crippen LogP contribution in [-0.2, 0) is 9.53 Å². The maximum atomic E-state index is 13.1. The second-order valence-corrected chi connectivity index (χ2v) is 5.72. The van der Waals surface area contributed by atoms with E-state index in [1.807, 2.05) is 0 Å². The van der Waals surface area contributed by atoms with Gasteiger partial charge in [-0.2, -0.15) is 0 Å². The van der Waals surface area contributed by atoms with Crippen LogP contribution in [0.15, 0.2) is 24.3 Å². The van der Waals surface area contributed by atoms with Gasteiger partial charge in [0.1, 0.15) is 5.82 Å². The van der Waals surface area contributed by atoms with Crippen molar-refractivity contribution in [3.8, 4) is 0 Å². The van der Waals surface area contributed by atoms with Gasteiger partial charge in [-0.05, 0) is 38.0 Å². The Balaban J connectivity index is 1.71. The summed E-state index contributed by atoms with van der Waals surface area (Å²) in [5, 5.41) is 5.28. The van der Waals surface area contributed by atoms with Crippen LogP contribution in [-0.4, -0.2) is 55.1 Å². The first-order valence-corrected chi connectivity index (χ1v) is 8.24. The first kappa shape index (κ1) is 18.7. The highest BCUT2D eigenvalue weighted by molar-refractivity contribution is 5.96. The third kappa shape index (κ3) is 5.74. The number of nitrogens with one attached hydrogen (secondary N) is 2. The van der Waals surface area contributed by atoms with Gasteiger partial charge in [0.05, 0.1) is 13.2 Å². The van der Waals surface area contributed by atoms with Crippen molar-refractivity contribution in [3.05, 3.63) is 35.6 Å². The Morgan fingerprint density at radius 3 is 2.64 bits per heavy atom. The number of rotatable bonds is 5. The fraction of sp³-hybridized carbons (Fsp3) is 0.471. The molecule has 1 heterocycles. The topological polar surface area (TPSA) is 87.7 Å². The summed E-state index contributed by atoms with van der Waals surface area (Å²) in [5.41, 5.74) is 0.163. The lowest BCUT2D eigenvalue weighted by atomic mass is 10.1. The second kappa shape index (κ2) is 9.00. The molecule has 7 nitrogen and oxygen atoms in total. The van der Waals surface area contributed by atoms with Crippen LogP contribution in [0.4, 0.5) is 9.18 Å². The highest BCUT2D eigenvalue weighted by Crippen LogP contribution is 2.11. The molecule has 136 valence electrons. The van der Waals surface area contributed by atoms with Gasteiger partial charge in [0.15, 0.2) is 0 Å². The minimum atomic E-state index is -0.509. The Kier molecular flexibility index (Phi) is 6.73. The summed E-state index contributed by atoms with van der Waals surface area (Å²) >= 11 is 0. The number of amides is 3. The van der Waals surface area contributed by atoms with E-state index in [-0.39, 0.29) is 30.2 Å². The lowest BCUT2D eigenvalue weighted by molar-refractivity contribution is -0.121. The molecular formula is C17H22FN3O4. The minimum Gasteiger partial charge on any atom is -0.450 e. The van der Waals surface area contributed by atoms with Crippen molar-refractivity contribution in [1.82, 2.24) is 15.5 Å². The number of benzene rings is 1. The van der Waals surface area contributed by atoms with E-state index in [9.17, 15) is 18.8 Å². The zero-order valence-corrected chi connectivity index (χ0v) is 14.1. The van der Waals surface area contributed by atoms with Crippen molar-refractivity contribution < 1.29 is 23.5 Å². The van der Waals surface area contributed by atoms with E-state index in [1.54, 1.807) is 11.8 Å². The highest BCUT2D eigenvalue weighted by Gasteiger charge is 2.24. The molecule has 8 heteroatoms. The smallest absolute Gasteiger partial charge is 0.409 e. The first-order valence-electron chi connectivity index (χ1n) is 8.24.